The minimum Gasteiger partial charge on any atom is -0.458 e. The van der Waals surface area contributed by atoms with E-state index >= 15 is 0 Å². The molecule has 0 aromatic heterocycles. The van der Waals surface area contributed by atoms with Crippen molar-refractivity contribution in [1.29, 1.82) is 0 Å². The molecule has 0 spiro atoms. The Morgan fingerprint density at radius 1 is 0.810 bits per heavy atom. The fraction of sp³-hybridized carbons (Fsp3) is 0.667. The molecular weight excluding hydrogens is 550 g/mol. The molecule has 0 unspecified atom stereocenters. The quantitative estimate of drug-likeness (QED) is 0.141. The molecule has 0 fully saturated rings. The zero-order chi connectivity index (χ0) is 32.1. The first-order chi connectivity index (χ1) is 19.5. The fourth-order valence-corrected chi connectivity index (χ4v) is 2.92. The Morgan fingerprint density at radius 3 is 1.88 bits per heavy atom. The highest BCUT2D eigenvalue weighted by atomic mass is 16.8. The van der Waals surface area contributed by atoms with E-state index in [0.29, 0.717) is 30.7 Å². The molecule has 0 radical (unpaired) electrons. The van der Waals surface area contributed by atoms with Crippen molar-refractivity contribution >= 4 is 24.4 Å². The summed E-state index contributed by atoms with van der Waals surface area (Å²) in [6.45, 7) is 16.2. The van der Waals surface area contributed by atoms with Gasteiger partial charge < -0.3 is 38.9 Å². The second-order valence-electron chi connectivity index (χ2n) is 11.6. The molecule has 42 heavy (non-hydrogen) atoms. The molecular formula is C30H47NO11. The molecule has 1 rings (SSSR count). The Morgan fingerprint density at radius 2 is 1.36 bits per heavy atom. The lowest BCUT2D eigenvalue weighted by Crippen LogP contribution is -2.37. The molecule has 1 aromatic rings. The topological polar surface area (TPSA) is 159 Å². The molecule has 0 aliphatic rings. The number of rotatable bonds is 15. The lowest BCUT2D eigenvalue weighted by Gasteiger charge is -2.24. The first-order valence-electron chi connectivity index (χ1n) is 14.2. The van der Waals surface area contributed by atoms with Crippen LogP contribution >= 0.6 is 0 Å². The van der Waals surface area contributed by atoms with E-state index in [1.807, 2.05) is 27.7 Å². The van der Waals surface area contributed by atoms with E-state index in [9.17, 15) is 19.2 Å². The number of hydrogen-bond acceptors (Lipinski definition) is 12. The van der Waals surface area contributed by atoms with Gasteiger partial charge in [0, 0.05) is 0 Å². The Hall–Kier alpha value is -3.54. The standard InChI is InChI=1S/C30H47NO11/c1-10-29(6,7)41-27(34)39-23-13-12-21(17-24(23)40-28(35)42-30(8,9)11-2)16-22(31)25(32)38-20(5)18-37-26(33)36-15-14-19(3)4/h12-13,17,19-20,22H,10-11,14-16,18,31H2,1-9H3/t20-,22-/m0/s1. The Labute approximate surface area is 248 Å². The fourth-order valence-electron chi connectivity index (χ4n) is 2.92. The van der Waals surface area contributed by atoms with Gasteiger partial charge in [0.2, 0.25) is 0 Å². The molecule has 1 aromatic carbocycles. The number of carbonyl (C=O) groups is 4. The van der Waals surface area contributed by atoms with Gasteiger partial charge in [-0.3, -0.25) is 4.79 Å². The summed E-state index contributed by atoms with van der Waals surface area (Å²) in [5.74, 6) is -0.586. The Bertz CT molecular complexity index is 1050. The molecule has 0 heterocycles. The number of nitrogens with two attached hydrogens (primary N) is 1. The van der Waals surface area contributed by atoms with Crippen molar-refractivity contribution in [3.8, 4) is 11.5 Å². The minimum absolute atomic E-state index is 0.0108. The van der Waals surface area contributed by atoms with Crippen LogP contribution in [0, 0.1) is 5.92 Å². The normalized spacial score (nSPS) is 13.0. The average Bonchev–Trinajstić information content (AvgIpc) is 2.88. The molecule has 2 atom stereocenters. The van der Waals surface area contributed by atoms with Crippen LogP contribution in [0.5, 0.6) is 11.5 Å². The maximum Gasteiger partial charge on any atom is 0.514 e. The molecule has 12 heteroatoms. The van der Waals surface area contributed by atoms with Gasteiger partial charge in [-0.2, -0.15) is 0 Å². The summed E-state index contributed by atoms with van der Waals surface area (Å²) in [7, 11) is 0. The van der Waals surface area contributed by atoms with Crippen LogP contribution in [0.1, 0.15) is 87.1 Å². The van der Waals surface area contributed by atoms with Crippen LogP contribution in [0.3, 0.4) is 0 Å². The number of hydrogen-bond donors (Lipinski definition) is 1. The van der Waals surface area contributed by atoms with Crippen LogP contribution in [-0.4, -0.2) is 61.0 Å². The van der Waals surface area contributed by atoms with E-state index in [0.717, 1.165) is 0 Å². The molecule has 0 aliphatic heterocycles. The first-order valence-corrected chi connectivity index (χ1v) is 14.2. The van der Waals surface area contributed by atoms with Gasteiger partial charge in [-0.25, -0.2) is 14.4 Å². The summed E-state index contributed by atoms with van der Waals surface area (Å²) in [6.07, 6.45) is -1.84. The van der Waals surface area contributed by atoms with Crippen molar-refractivity contribution in [3.63, 3.8) is 0 Å². The van der Waals surface area contributed by atoms with E-state index in [-0.39, 0.29) is 31.1 Å². The van der Waals surface area contributed by atoms with Crippen LogP contribution in [0.4, 0.5) is 14.4 Å². The van der Waals surface area contributed by atoms with Crippen LogP contribution in [0.2, 0.25) is 0 Å². The van der Waals surface area contributed by atoms with E-state index in [1.165, 1.54) is 12.1 Å². The number of esters is 1. The Kier molecular flexibility index (Phi) is 14.6. The van der Waals surface area contributed by atoms with Crippen LogP contribution in [0.25, 0.3) is 0 Å². The van der Waals surface area contributed by atoms with Gasteiger partial charge in [0.15, 0.2) is 11.5 Å². The first kappa shape index (κ1) is 36.5. The van der Waals surface area contributed by atoms with Gasteiger partial charge >= 0.3 is 24.4 Å². The zero-order valence-electron chi connectivity index (χ0n) is 26.3. The highest BCUT2D eigenvalue weighted by molar-refractivity contribution is 5.76. The second-order valence-corrected chi connectivity index (χ2v) is 11.6. The largest absolute Gasteiger partial charge is 0.514 e. The predicted octanol–water partition coefficient (Wildman–Crippen LogP) is 6.10. The van der Waals surface area contributed by atoms with Crippen molar-refractivity contribution in [3.05, 3.63) is 23.8 Å². The van der Waals surface area contributed by atoms with Crippen molar-refractivity contribution in [2.75, 3.05) is 13.2 Å². The molecule has 238 valence electrons. The third kappa shape index (κ3) is 14.4. The lowest BCUT2D eigenvalue weighted by atomic mass is 10.1. The molecule has 0 amide bonds. The summed E-state index contributed by atoms with van der Waals surface area (Å²) in [6, 6.07) is 3.24. The molecule has 0 aliphatic carbocycles. The van der Waals surface area contributed by atoms with Crippen molar-refractivity contribution in [2.24, 2.45) is 11.7 Å². The summed E-state index contributed by atoms with van der Waals surface area (Å²) in [4.78, 5) is 49.1. The SMILES string of the molecule is CCC(C)(C)OC(=O)Oc1ccc(C[C@H](N)C(=O)O[C@@H](C)COC(=O)OCCC(C)C)cc1OC(=O)OC(C)(C)CC. The van der Waals surface area contributed by atoms with Crippen LogP contribution in [0.15, 0.2) is 18.2 Å². The summed E-state index contributed by atoms with van der Waals surface area (Å²) in [5.41, 5.74) is 4.97. The highest BCUT2D eigenvalue weighted by Gasteiger charge is 2.27. The van der Waals surface area contributed by atoms with Gasteiger partial charge in [0.1, 0.15) is 30.0 Å². The molecule has 0 bridgehead atoms. The molecule has 0 saturated carbocycles. The summed E-state index contributed by atoms with van der Waals surface area (Å²) in [5, 5.41) is 0. The van der Waals surface area contributed by atoms with E-state index in [2.05, 4.69) is 0 Å². The summed E-state index contributed by atoms with van der Waals surface area (Å²) >= 11 is 0. The van der Waals surface area contributed by atoms with E-state index in [4.69, 9.17) is 38.9 Å². The van der Waals surface area contributed by atoms with Crippen molar-refractivity contribution < 1.29 is 52.3 Å². The lowest BCUT2D eigenvalue weighted by molar-refractivity contribution is -0.152. The number of ether oxygens (including phenoxy) is 7. The smallest absolute Gasteiger partial charge is 0.458 e. The van der Waals surface area contributed by atoms with Gasteiger partial charge in [0.05, 0.1) is 6.61 Å². The maximum atomic E-state index is 12.6. The maximum absolute atomic E-state index is 12.6. The second kappa shape index (κ2) is 16.8. The van der Waals surface area contributed by atoms with Crippen molar-refractivity contribution in [1.82, 2.24) is 0 Å². The van der Waals surface area contributed by atoms with E-state index in [1.54, 1.807) is 40.7 Å². The Balaban J connectivity index is 2.91. The van der Waals surface area contributed by atoms with Crippen molar-refractivity contribution in [2.45, 2.75) is 111 Å². The minimum atomic E-state index is -1.11. The van der Waals surface area contributed by atoms with Gasteiger partial charge in [-0.15, -0.1) is 0 Å². The van der Waals surface area contributed by atoms with Gasteiger partial charge in [-0.1, -0.05) is 33.8 Å². The third-order valence-electron chi connectivity index (χ3n) is 6.24. The molecule has 0 saturated heterocycles. The zero-order valence-corrected chi connectivity index (χ0v) is 26.3. The van der Waals surface area contributed by atoms with Crippen LogP contribution < -0.4 is 15.2 Å². The van der Waals surface area contributed by atoms with E-state index < -0.39 is 47.8 Å². The highest BCUT2D eigenvalue weighted by Crippen LogP contribution is 2.31. The molecule has 12 nitrogen and oxygen atoms in total. The van der Waals surface area contributed by atoms with Crippen LogP contribution in [-0.2, 0) is 34.9 Å². The average molecular weight is 598 g/mol. The van der Waals surface area contributed by atoms with Gasteiger partial charge in [-0.05, 0) is 83.9 Å². The third-order valence-corrected chi connectivity index (χ3v) is 6.24. The number of carbonyl (C=O) groups excluding carboxylic acids is 4. The number of benzene rings is 1. The monoisotopic (exact) mass is 597 g/mol. The predicted molar refractivity (Wildman–Crippen MR) is 153 cm³/mol. The molecule has 2 N–H and O–H groups in total. The summed E-state index contributed by atoms with van der Waals surface area (Å²) < 4.78 is 36.6. The van der Waals surface area contributed by atoms with Gasteiger partial charge in [0.25, 0.3) is 0 Å².